The second kappa shape index (κ2) is 11.9. The molecule has 1 aromatic carbocycles. The summed E-state index contributed by atoms with van der Waals surface area (Å²) in [6.45, 7) is 2.18. The van der Waals surface area contributed by atoms with E-state index in [4.69, 9.17) is 4.74 Å². The monoisotopic (exact) mass is 410 g/mol. The van der Waals surface area contributed by atoms with Gasteiger partial charge in [-0.25, -0.2) is 0 Å². The minimum Gasteiger partial charge on any atom is -0.435 e. The number of hydrogen-bond donors (Lipinski definition) is 1. The summed E-state index contributed by atoms with van der Waals surface area (Å²) in [5.41, 5.74) is 0.947. The molecule has 1 N–H and O–H groups in total. The largest absolute Gasteiger partial charge is 0.435 e. The van der Waals surface area contributed by atoms with Crippen LogP contribution in [-0.2, 0) is 24.2 Å². The van der Waals surface area contributed by atoms with Crippen molar-refractivity contribution >= 4 is 5.96 Å². The number of methoxy groups -OCH3 is 1. The number of nitrogens with zero attached hydrogens (tertiary/aromatic N) is 5. The Morgan fingerprint density at radius 3 is 2.72 bits per heavy atom. The first-order valence-corrected chi connectivity index (χ1v) is 9.42. The number of nitrogens with one attached hydrogen (secondary N) is 1. The molecule has 0 unspecified atom stereocenters. The van der Waals surface area contributed by atoms with E-state index in [1.54, 1.807) is 25.6 Å². The third kappa shape index (κ3) is 7.65. The zero-order valence-corrected chi connectivity index (χ0v) is 17.0. The lowest BCUT2D eigenvalue weighted by Gasteiger charge is -2.23. The highest BCUT2D eigenvalue weighted by Gasteiger charge is 2.09. The number of hydrogen-bond acceptors (Lipinski definition) is 5. The molecule has 0 spiro atoms. The van der Waals surface area contributed by atoms with Gasteiger partial charge in [-0.05, 0) is 17.7 Å². The van der Waals surface area contributed by atoms with Crippen LogP contribution in [0, 0.1) is 0 Å². The van der Waals surface area contributed by atoms with Crippen molar-refractivity contribution in [3.05, 3.63) is 42.0 Å². The van der Waals surface area contributed by atoms with Gasteiger partial charge in [-0.1, -0.05) is 19.1 Å². The van der Waals surface area contributed by atoms with E-state index in [0.717, 1.165) is 23.8 Å². The Labute approximate surface area is 169 Å². The van der Waals surface area contributed by atoms with E-state index in [1.165, 1.54) is 12.1 Å². The smallest absolute Gasteiger partial charge is 0.387 e. The third-order valence-corrected chi connectivity index (χ3v) is 4.13. The van der Waals surface area contributed by atoms with Crippen LogP contribution < -0.4 is 10.1 Å². The fourth-order valence-electron chi connectivity index (χ4n) is 2.71. The summed E-state index contributed by atoms with van der Waals surface area (Å²) in [7, 11) is 3.55. The van der Waals surface area contributed by atoms with Crippen LogP contribution in [0.25, 0.3) is 0 Å². The maximum atomic E-state index is 12.3. The van der Waals surface area contributed by atoms with Crippen molar-refractivity contribution in [1.82, 2.24) is 25.0 Å². The molecule has 2 rings (SSSR count). The van der Waals surface area contributed by atoms with E-state index < -0.39 is 6.61 Å². The summed E-state index contributed by atoms with van der Waals surface area (Å²) >= 11 is 0. The second-order valence-electron chi connectivity index (χ2n) is 6.30. The maximum Gasteiger partial charge on any atom is 0.387 e. The van der Waals surface area contributed by atoms with Crippen LogP contribution in [0.3, 0.4) is 0 Å². The minimum absolute atomic E-state index is 0.138. The van der Waals surface area contributed by atoms with E-state index in [2.05, 4.69) is 25.2 Å². The van der Waals surface area contributed by atoms with Crippen molar-refractivity contribution in [2.45, 2.75) is 33.0 Å². The number of halogens is 2. The molecule has 0 fully saturated rings. The molecule has 1 heterocycles. The van der Waals surface area contributed by atoms with Crippen LogP contribution in [0.15, 0.2) is 35.6 Å². The average molecular weight is 410 g/mol. The number of rotatable bonds is 11. The third-order valence-electron chi connectivity index (χ3n) is 4.13. The number of benzene rings is 1. The lowest BCUT2D eigenvalue weighted by atomic mass is 10.2. The van der Waals surface area contributed by atoms with Gasteiger partial charge in [0.15, 0.2) is 5.96 Å². The molecule has 160 valence electrons. The summed E-state index contributed by atoms with van der Waals surface area (Å²) in [4.78, 5) is 6.53. The molecule has 1 aromatic heterocycles. The molecule has 0 aliphatic carbocycles. The predicted octanol–water partition coefficient (Wildman–Crippen LogP) is 2.17. The van der Waals surface area contributed by atoms with Gasteiger partial charge < -0.3 is 24.3 Å². The predicted molar refractivity (Wildman–Crippen MR) is 106 cm³/mol. The number of ether oxygens (including phenoxy) is 2. The molecule has 0 aliphatic rings. The average Bonchev–Trinajstić information content (AvgIpc) is 3.15. The molecule has 10 heteroatoms. The van der Waals surface area contributed by atoms with Crippen molar-refractivity contribution in [3.63, 3.8) is 0 Å². The van der Waals surface area contributed by atoms with Gasteiger partial charge in [0.1, 0.15) is 17.9 Å². The SMILES string of the molecule is CCc1nncn1CCNC(=NCCOC)N(C)Cc1ccc(OC(F)F)cc1. The Hall–Kier alpha value is -2.75. The molecule has 8 nitrogen and oxygen atoms in total. The van der Waals surface area contributed by atoms with Gasteiger partial charge in [-0.3, -0.25) is 4.99 Å². The quantitative estimate of drug-likeness (QED) is 0.348. The van der Waals surface area contributed by atoms with Crippen LogP contribution in [0.1, 0.15) is 18.3 Å². The molecule has 0 atom stereocenters. The van der Waals surface area contributed by atoms with Gasteiger partial charge >= 0.3 is 6.61 Å². The summed E-state index contributed by atoms with van der Waals surface area (Å²) in [5, 5.41) is 11.4. The molecule has 0 bridgehead atoms. The first kappa shape index (κ1) is 22.5. The molecule has 0 saturated carbocycles. The lowest BCUT2D eigenvalue weighted by molar-refractivity contribution is -0.0498. The molecule has 0 radical (unpaired) electrons. The van der Waals surface area contributed by atoms with E-state index in [1.807, 2.05) is 23.4 Å². The fraction of sp³-hybridized carbons (Fsp3) is 0.526. The van der Waals surface area contributed by atoms with Crippen molar-refractivity contribution in [2.24, 2.45) is 4.99 Å². The first-order valence-electron chi connectivity index (χ1n) is 9.42. The Kier molecular flexibility index (Phi) is 9.29. The zero-order valence-electron chi connectivity index (χ0n) is 17.0. The molecular formula is C19H28F2N6O2. The normalized spacial score (nSPS) is 11.7. The summed E-state index contributed by atoms with van der Waals surface area (Å²) < 4.78 is 36.0. The Morgan fingerprint density at radius 2 is 2.07 bits per heavy atom. The second-order valence-corrected chi connectivity index (χ2v) is 6.30. The minimum atomic E-state index is -2.83. The molecule has 2 aromatic rings. The van der Waals surface area contributed by atoms with Gasteiger partial charge in [-0.2, -0.15) is 8.78 Å². The molecular weight excluding hydrogens is 382 g/mol. The number of aromatic nitrogens is 3. The van der Waals surface area contributed by atoms with Crippen LogP contribution in [0.2, 0.25) is 0 Å². The van der Waals surface area contributed by atoms with Crippen LogP contribution in [0.4, 0.5) is 8.78 Å². The Morgan fingerprint density at radius 1 is 1.31 bits per heavy atom. The van der Waals surface area contributed by atoms with Crippen molar-refractivity contribution < 1.29 is 18.3 Å². The van der Waals surface area contributed by atoms with E-state index in [9.17, 15) is 8.78 Å². The molecule has 0 amide bonds. The maximum absolute atomic E-state index is 12.3. The van der Waals surface area contributed by atoms with Gasteiger partial charge in [0.2, 0.25) is 0 Å². The molecule has 29 heavy (non-hydrogen) atoms. The zero-order chi connectivity index (χ0) is 21.1. The van der Waals surface area contributed by atoms with E-state index in [-0.39, 0.29) is 5.75 Å². The van der Waals surface area contributed by atoms with E-state index >= 15 is 0 Å². The number of guanidine groups is 1. The van der Waals surface area contributed by atoms with Crippen molar-refractivity contribution in [2.75, 3.05) is 33.9 Å². The Balaban J connectivity index is 1.95. The van der Waals surface area contributed by atoms with Crippen molar-refractivity contribution in [3.8, 4) is 5.75 Å². The van der Waals surface area contributed by atoms with Crippen LogP contribution in [-0.4, -0.2) is 66.1 Å². The number of aliphatic imine (C=N–C) groups is 1. The highest BCUT2D eigenvalue weighted by Crippen LogP contribution is 2.15. The topological polar surface area (TPSA) is 76.8 Å². The van der Waals surface area contributed by atoms with Crippen molar-refractivity contribution in [1.29, 1.82) is 0 Å². The number of aryl methyl sites for hydroxylation is 1. The highest BCUT2D eigenvalue weighted by molar-refractivity contribution is 5.79. The van der Waals surface area contributed by atoms with Gasteiger partial charge in [0.05, 0.1) is 13.2 Å². The summed E-state index contributed by atoms with van der Waals surface area (Å²) in [6.07, 6.45) is 2.54. The molecule has 0 aliphatic heterocycles. The Bertz CT molecular complexity index is 751. The first-order chi connectivity index (χ1) is 14.0. The highest BCUT2D eigenvalue weighted by atomic mass is 19.3. The van der Waals surface area contributed by atoms with Crippen LogP contribution >= 0.6 is 0 Å². The standard InChI is InChI=1S/C19H28F2N6O2/c1-4-17-25-24-14-27(17)11-9-22-19(23-10-12-28-3)26(2)13-15-5-7-16(8-6-15)29-18(20)21/h5-8,14,18H,4,9-13H2,1-3H3,(H,22,23). The lowest BCUT2D eigenvalue weighted by Crippen LogP contribution is -2.40. The molecule has 0 saturated heterocycles. The van der Waals surface area contributed by atoms with Gasteiger partial charge in [0.25, 0.3) is 0 Å². The van der Waals surface area contributed by atoms with Crippen LogP contribution in [0.5, 0.6) is 5.75 Å². The summed E-state index contributed by atoms with van der Waals surface area (Å²) in [6, 6.07) is 6.57. The van der Waals surface area contributed by atoms with Gasteiger partial charge in [0, 0.05) is 40.2 Å². The van der Waals surface area contributed by atoms with E-state index in [0.29, 0.717) is 32.8 Å². The fourth-order valence-corrected chi connectivity index (χ4v) is 2.71. The number of alkyl halides is 2. The summed E-state index contributed by atoms with van der Waals surface area (Å²) in [5.74, 6) is 1.80. The van der Waals surface area contributed by atoms with Gasteiger partial charge in [-0.15, -0.1) is 10.2 Å².